The maximum Gasteiger partial charge on any atom is 0.0906 e. The molecule has 6 aromatic rings. The van der Waals surface area contributed by atoms with Gasteiger partial charge in [-0.25, -0.2) is 19.9 Å². The first-order chi connectivity index (χ1) is 14.8. The van der Waals surface area contributed by atoms with Crippen LogP contribution >= 0.6 is 21.6 Å². The molecule has 6 heteroatoms. The summed E-state index contributed by atoms with van der Waals surface area (Å²) < 4.78 is 0. The minimum atomic E-state index is 0.912. The Balaban J connectivity index is 1.30. The molecule has 0 radical (unpaired) electrons. The van der Waals surface area contributed by atoms with Crippen LogP contribution in [0.1, 0.15) is 0 Å². The first kappa shape index (κ1) is 17.6. The average Bonchev–Trinajstić information content (AvgIpc) is 2.79. The fraction of sp³-hybridized carbons (Fsp3) is 0. The van der Waals surface area contributed by atoms with Crippen molar-refractivity contribution in [3.63, 3.8) is 0 Å². The first-order valence-corrected chi connectivity index (χ1v) is 11.6. The fourth-order valence-electron chi connectivity index (χ4n) is 3.40. The predicted octanol–water partition coefficient (Wildman–Crippen LogP) is 6.68. The van der Waals surface area contributed by atoms with Gasteiger partial charge in [0, 0.05) is 9.79 Å². The van der Waals surface area contributed by atoms with Gasteiger partial charge in [-0.1, -0.05) is 45.9 Å². The van der Waals surface area contributed by atoms with Crippen LogP contribution in [-0.2, 0) is 0 Å². The second-order valence-electron chi connectivity index (χ2n) is 6.89. The molecule has 0 amide bonds. The summed E-state index contributed by atoms with van der Waals surface area (Å²) >= 11 is 0. The van der Waals surface area contributed by atoms with Gasteiger partial charge < -0.3 is 0 Å². The highest BCUT2D eigenvalue weighted by Gasteiger charge is 2.06. The lowest BCUT2D eigenvalue weighted by Crippen LogP contribution is -1.87. The number of rotatable bonds is 3. The molecule has 0 bridgehead atoms. The highest BCUT2D eigenvalue weighted by atomic mass is 33.1. The summed E-state index contributed by atoms with van der Waals surface area (Å²) in [5, 5.41) is 0. The largest absolute Gasteiger partial charge is 0.245 e. The van der Waals surface area contributed by atoms with Gasteiger partial charge in [0.15, 0.2) is 0 Å². The van der Waals surface area contributed by atoms with Crippen LogP contribution in [0.15, 0.2) is 94.7 Å². The molecule has 30 heavy (non-hydrogen) atoms. The summed E-state index contributed by atoms with van der Waals surface area (Å²) in [5.41, 5.74) is 7.33. The van der Waals surface area contributed by atoms with Crippen LogP contribution in [0.25, 0.3) is 44.1 Å². The summed E-state index contributed by atoms with van der Waals surface area (Å²) in [6, 6.07) is 28.4. The molecule has 0 fully saturated rings. The smallest absolute Gasteiger partial charge is 0.0906 e. The second-order valence-corrected chi connectivity index (χ2v) is 9.17. The molecule has 0 saturated carbocycles. The van der Waals surface area contributed by atoms with E-state index in [9.17, 15) is 0 Å². The number of nitrogens with zero attached hydrogens (tertiary/aromatic N) is 4. The standard InChI is InChI=1S/C24H14N4S2/c1-3-7-19-17(5-1)25-21-11-9-15(13-23(21)27-19)29-30-16-10-12-22-24(14-16)28-20-8-4-2-6-18(20)26-22/h1-14H. The van der Waals surface area contributed by atoms with Crippen molar-refractivity contribution >= 4 is 65.7 Å². The quantitative estimate of drug-likeness (QED) is 0.234. The summed E-state index contributed by atoms with van der Waals surface area (Å²) in [6.45, 7) is 0. The van der Waals surface area contributed by atoms with Crippen molar-refractivity contribution in [1.29, 1.82) is 0 Å². The van der Waals surface area contributed by atoms with Crippen LogP contribution in [-0.4, -0.2) is 19.9 Å². The average molecular weight is 423 g/mol. The Labute approximate surface area is 180 Å². The highest BCUT2D eigenvalue weighted by Crippen LogP contribution is 2.39. The third-order valence-corrected chi connectivity index (χ3v) is 7.24. The molecule has 2 aromatic heterocycles. The molecule has 0 aliphatic heterocycles. The molecule has 142 valence electrons. The van der Waals surface area contributed by atoms with Gasteiger partial charge in [0.05, 0.1) is 44.1 Å². The van der Waals surface area contributed by atoms with Crippen molar-refractivity contribution in [2.24, 2.45) is 0 Å². The molecular formula is C24H14N4S2. The van der Waals surface area contributed by atoms with E-state index in [4.69, 9.17) is 19.9 Å². The van der Waals surface area contributed by atoms with Gasteiger partial charge in [-0.15, -0.1) is 0 Å². The normalized spacial score (nSPS) is 11.6. The summed E-state index contributed by atoms with van der Waals surface area (Å²) in [7, 11) is 3.41. The van der Waals surface area contributed by atoms with E-state index in [0.29, 0.717) is 0 Å². The Kier molecular flexibility index (Phi) is 4.25. The van der Waals surface area contributed by atoms with Gasteiger partial charge >= 0.3 is 0 Å². The van der Waals surface area contributed by atoms with Crippen molar-refractivity contribution in [3.05, 3.63) is 84.9 Å². The Bertz CT molecular complexity index is 1450. The lowest BCUT2D eigenvalue weighted by Gasteiger charge is -2.06. The molecular weight excluding hydrogens is 408 g/mol. The Hall–Kier alpha value is -3.22. The van der Waals surface area contributed by atoms with Crippen LogP contribution < -0.4 is 0 Å². The number of hydrogen-bond donors (Lipinski definition) is 0. The Morgan fingerprint density at radius 2 is 0.700 bits per heavy atom. The summed E-state index contributed by atoms with van der Waals surface area (Å²) in [5.74, 6) is 0. The molecule has 6 rings (SSSR count). The van der Waals surface area contributed by atoms with E-state index in [2.05, 4.69) is 24.3 Å². The molecule has 0 unspecified atom stereocenters. The monoisotopic (exact) mass is 422 g/mol. The van der Waals surface area contributed by atoms with Crippen molar-refractivity contribution in [2.45, 2.75) is 9.79 Å². The maximum atomic E-state index is 4.76. The number of hydrogen-bond acceptors (Lipinski definition) is 6. The van der Waals surface area contributed by atoms with Crippen LogP contribution in [0.2, 0.25) is 0 Å². The zero-order valence-electron chi connectivity index (χ0n) is 15.7. The van der Waals surface area contributed by atoms with E-state index in [0.717, 1.165) is 53.9 Å². The topological polar surface area (TPSA) is 51.6 Å². The van der Waals surface area contributed by atoms with E-state index in [-0.39, 0.29) is 0 Å². The van der Waals surface area contributed by atoms with Crippen LogP contribution in [0, 0.1) is 0 Å². The number of para-hydroxylation sites is 4. The minimum Gasteiger partial charge on any atom is -0.245 e. The predicted molar refractivity (Wildman–Crippen MR) is 126 cm³/mol. The SMILES string of the molecule is c1ccc2nc3cc(SSc4ccc5nc6ccccc6nc5c4)ccc3nc2c1. The molecule has 0 aliphatic rings. The van der Waals surface area contributed by atoms with Gasteiger partial charge in [0.2, 0.25) is 0 Å². The lowest BCUT2D eigenvalue weighted by molar-refractivity contribution is 1.36. The summed E-state index contributed by atoms with van der Waals surface area (Å²) in [6.07, 6.45) is 0. The molecule has 4 aromatic carbocycles. The summed E-state index contributed by atoms with van der Waals surface area (Å²) in [4.78, 5) is 21.2. The van der Waals surface area contributed by atoms with Gasteiger partial charge in [-0.2, -0.15) is 0 Å². The molecule has 0 aliphatic carbocycles. The zero-order chi connectivity index (χ0) is 19.9. The van der Waals surface area contributed by atoms with Gasteiger partial charge in [-0.3, -0.25) is 0 Å². The molecule has 4 nitrogen and oxygen atoms in total. The Morgan fingerprint density at radius 1 is 0.367 bits per heavy atom. The van der Waals surface area contributed by atoms with Crippen molar-refractivity contribution in [3.8, 4) is 0 Å². The van der Waals surface area contributed by atoms with E-state index in [1.54, 1.807) is 21.6 Å². The van der Waals surface area contributed by atoms with E-state index in [1.165, 1.54) is 0 Å². The molecule has 0 N–H and O–H groups in total. The van der Waals surface area contributed by atoms with E-state index < -0.39 is 0 Å². The van der Waals surface area contributed by atoms with E-state index in [1.807, 2.05) is 60.7 Å². The first-order valence-electron chi connectivity index (χ1n) is 9.49. The van der Waals surface area contributed by atoms with Crippen molar-refractivity contribution in [2.75, 3.05) is 0 Å². The number of benzene rings is 4. The molecule has 0 spiro atoms. The van der Waals surface area contributed by atoms with Crippen LogP contribution in [0.3, 0.4) is 0 Å². The number of aromatic nitrogens is 4. The molecule has 0 atom stereocenters. The van der Waals surface area contributed by atoms with Crippen LogP contribution in [0.4, 0.5) is 0 Å². The van der Waals surface area contributed by atoms with Crippen molar-refractivity contribution < 1.29 is 0 Å². The molecule has 0 saturated heterocycles. The maximum absolute atomic E-state index is 4.76. The fourth-order valence-corrected chi connectivity index (χ4v) is 5.36. The second kappa shape index (κ2) is 7.23. The van der Waals surface area contributed by atoms with Gasteiger partial charge in [-0.05, 0) is 60.7 Å². The zero-order valence-corrected chi connectivity index (χ0v) is 17.3. The van der Waals surface area contributed by atoms with Crippen LogP contribution in [0.5, 0.6) is 0 Å². The van der Waals surface area contributed by atoms with E-state index >= 15 is 0 Å². The lowest BCUT2D eigenvalue weighted by atomic mass is 10.2. The third-order valence-electron chi connectivity index (χ3n) is 4.85. The minimum absolute atomic E-state index is 0.912. The molecule has 2 heterocycles. The van der Waals surface area contributed by atoms with Gasteiger partial charge in [0.25, 0.3) is 0 Å². The van der Waals surface area contributed by atoms with Crippen molar-refractivity contribution in [1.82, 2.24) is 19.9 Å². The Morgan fingerprint density at radius 3 is 1.10 bits per heavy atom. The highest BCUT2D eigenvalue weighted by molar-refractivity contribution is 8.76. The number of fused-ring (bicyclic) bond motifs is 4. The third kappa shape index (κ3) is 3.24. The van der Waals surface area contributed by atoms with Gasteiger partial charge in [0.1, 0.15) is 0 Å².